The van der Waals surface area contributed by atoms with E-state index in [1.165, 1.54) is 0 Å². The molecule has 0 amide bonds. The van der Waals surface area contributed by atoms with E-state index in [2.05, 4.69) is 27.8 Å². The van der Waals surface area contributed by atoms with Crippen molar-refractivity contribution < 1.29 is 4.42 Å². The molecule has 1 heterocycles. The van der Waals surface area contributed by atoms with Crippen LogP contribution in [0.5, 0.6) is 0 Å². The van der Waals surface area contributed by atoms with Crippen LogP contribution in [0.1, 0.15) is 11.5 Å². The lowest BCUT2D eigenvalue weighted by Gasteiger charge is -2.05. The topological polar surface area (TPSA) is 64.6 Å². The van der Waals surface area contributed by atoms with Gasteiger partial charge in [-0.2, -0.15) is 17.0 Å². The number of hydrogen-bond donors (Lipinski definition) is 2. The Hall–Kier alpha value is -1.10. The monoisotopic (exact) mass is 298 g/mol. The van der Waals surface area contributed by atoms with Crippen LogP contribution in [0.4, 0.5) is 0 Å². The van der Waals surface area contributed by atoms with E-state index in [4.69, 9.17) is 9.68 Å². The van der Waals surface area contributed by atoms with Crippen molar-refractivity contribution in [3.8, 4) is 6.19 Å². The lowest BCUT2D eigenvalue weighted by molar-refractivity contribution is 0.344. The highest BCUT2D eigenvalue weighted by Gasteiger charge is 2.03. The molecule has 0 spiro atoms. The number of aliphatic imine (C=N–C) groups is 1. The first-order chi connectivity index (χ1) is 9.11. The predicted molar refractivity (Wildman–Crippen MR) is 82.3 cm³/mol. The third-order valence-electron chi connectivity index (χ3n) is 2.10. The van der Waals surface area contributed by atoms with Crippen molar-refractivity contribution >= 4 is 29.6 Å². The number of amidine groups is 1. The minimum absolute atomic E-state index is 0.356. The Kier molecular flexibility index (Phi) is 7.48. The molecule has 104 valence electrons. The van der Waals surface area contributed by atoms with Crippen LogP contribution in [0, 0.1) is 11.5 Å². The van der Waals surface area contributed by atoms with Gasteiger partial charge in [-0.15, -0.1) is 12.6 Å². The highest BCUT2D eigenvalue weighted by molar-refractivity contribution is 7.98. The lowest BCUT2D eigenvalue weighted by atomic mass is 10.4. The molecule has 0 saturated carbocycles. The fourth-order valence-corrected chi connectivity index (χ4v) is 2.25. The molecule has 0 saturated heterocycles. The minimum atomic E-state index is 0.356. The van der Waals surface area contributed by atoms with E-state index in [1.54, 1.807) is 18.0 Å². The molecule has 7 heteroatoms. The molecule has 0 aromatic carbocycles. The smallest absolute Gasteiger partial charge is 0.183 e. The van der Waals surface area contributed by atoms with E-state index in [9.17, 15) is 0 Å². The molecule has 19 heavy (non-hydrogen) atoms. The molecule has 1 aromatic rings. The summed E-state index contributed by atoms with van der Waals surface area (Å²) in [5.41, 5.74) is 0. The van der Waals surface area contributed by atoms with Crippen LogP contribution >= 0.6 is 24.4 Å². The molecule has 0 aliphatic heterocycles. The Morgan fingerprint density at radius 2 is 2.26 bits per heavy atom. The molecule has 0 atom stereocenters. The molecule has 1 aromatic heterocycles. The van der Waals surface area contributed by atoms with Gasteiger partial charge in [0, 0.05) is 5.75 Å². The summed E-state index contributed by atoms with van der Waals surface area (Å²) in [5.74, 6) is 3.65. The van der Waals surface area contributed by atoms with Gasteiger partial charge in [-0.25, -0.2) is 0 Å². The van der Waals surface area contributed by atoms with E-state index in [1.807, 2.05) is 26.2 Å². The summed E-state index contributed by atoms with van der Waals surface area (Å²) >= 11 is 5.74. The summed E-state index contributed by atoms with van der Waals surface area (Å²) in [4.78, 5) is 6.15. The van der Waals surface area contributed by atoms with Gasteiger partial charge in [0.05, 0.1) is 18.8 Å². The van der Waals surface area contributed by atoms with Gasteiger partial charge in [-0.05, 0) is 26.2 Å². The SMILES string of the molecule is CN(C)Cc1ccc(CSCC/N=C(\S)NC#N)o1. The van der Waals surface area contributed by atoms with Gasteiger partial charge in [0.25, 0.3) is 0 Å². The first kappa shape index (κ1) is 16.0. The second-order valence-corrected chi connectivity index (χ2v) is 5.63. The van der Waals surface area contributed by atoms with Gasteiger partial charge in [0.1, 0.15) is 11.5 Å². The minimum Gasteiger partial charge on any atom is -0.464 e. The van der Waals surface area contributed by atoms with Crippen LogP contribution in [0.2, 0.25) is 0 Å². The van der Waals surface area contributed by atoms with E-state index in [-0.39, 0.29) is 0 Å². The van der Waals surface area contributed by atoms with Crippen LogP contribution in [0.3, 0.4) is 0 Å². The van der Waals surface area contributed by atoms with Crippen molar-refractivity contribution in [3.63, 3.8) is 0 Å². The van der Waals surface area contributed by atoms with Gasteiger partial charge < -0.3 is 9.32 Å². The van der Waals surface area contributed by atoms with Gasteiger partial charge in [-0.3, -0.25) is 10.3 Å². The number of nitrogens with one attached hydrogen (secondary N) is 1. The predicted octanol–water partition coefficient (Wildman–Crippen LogP) is 1.93. The van der Waals surface area contributed by atoms with Gasteiger partial charge in [0.15, 0.2) is 11.4 Å². The number of nitriles is 1. The van der Waals surface area contributed by atoms with E-state index >= 15 is 0 Å². The molecule has 1 N–H and O–H groups in total. The number of rotatable bonds is 7. The van der Waals surface area contributed by atoms with Crippen LogP contribution in [0.15, 0.2) is 21.5 Å². The first-order valence-corrected chi connectivity index (χ1v) is 7.40. The Morgan fingerprint density at radius 3 is 2.95 bits per heavy atom. The molecule has 0 fully saturated rings. The average Bonchev–Trinajstić information content (AvgIpc) is 2.75. The molecule has 0 unspecified atom stereocenters. The van der Waals surface area contributed by atoms with Gasteiger partial charge in [0.2, 0.25) is 0 Å². The van der Waals surface area contributed by atoms with Crippen LogP contribution in [-0.2, 0) is 12.3 Å². The van der Waals surface area contributed by atoms with E-state index < -0.39 is 0 Å². The summed E-state index contributed by atoms with van der Waals surface area (Å²) in [6, 6.07) is 4.02. The largest absolute Gasteiger partial charge is 0.464 e. The molecular formula is C12H18N4OS2. The second-order valence-electron chi connectivity index (χ2n) is 4.10. The van der Waals surface area contributed by atoms with Crippen LogP contribution in [-0.4, -0.2) is 36.5 Å². The van der Waals surface area contributed by atoms with Gasteiger partial charge >= 0.3 is 0 Å². The third-order valence-corrected chi connectivity index (χ3v) is 3.31. The normalized spacial score (nSPS) is 11.6. The summed E-state index contributed by atoms with van der Waals surface area (Å²) < 4.78 is 5.69. The quantitative estimate of drug-likeness (QED) is 0.201. The number of hydrogen-bond acceptors (Lipinski definition) is 5. The van der Waals surface area contributed by atoms with Crippen molar-refractivity contribution in [2.75, 3.05) is 26.4 Å². The maximum Gasteiger partial charge on any atom is 0.183 e. The maximum atomic E-state index is 8.34. The van der Waals surface area contributed by atoms with Crippen LogP contribution in [0.25, 0.3) is 0 Å². The summed E-state index contributed by atoms with van der Waals surface area (Å²) in [7, 11) is 4.03. The Morgan fingerprint density at radius 1 is 1.53 bits per heavy atom. The van der Waals surface area contributed by atoms with Gasteiger partial charge in [-0.1, -0.05) is 0 Å². The summed E-state index contributed by atoms with van der Waals surface area (Å²) in [5, 5.41) is 11.1. The molecule has 1 rings (SSSR count). The fourth-order valence-electron chi connectivity index (χ4n) is 1.37. The number of nitrogens with zero attached hydrogens (tertiary/aromatic N) is 3. The van der Waals surface area contributed by atoms with Crippen molar-refractivity contribution in [2.45, 2.75) is 12.3 Å². The first-order valence-electron chi connectivity index (χ1n) is 5.80. The van der Waals surface area contributed by atoms with Crippen molar-refractivity contribution in [3.05, 3.63) is 23.7 Å². The average molecular weight is 298 g/mol. The van der Waals surface area contributed by atoms with E-state index in [0.29, 0.717) is 11.7 Å². The van der Waals surface area contributed by atoms with Crippen molar-refractivity contribution in [2.24, 2.45) is 4.99 Å². The number of furan rings is 1. The summed E-state index contributed by atoms with van der Waals surface area (Å²) in [6.45, 7) is 1.45. The Bertz CT molecular complexity index is 451. The zero-order valence-electron chi connectivity index (χ0n) is 11.1. The zero-order valence-corrected chi connectivity index (χ0v) is 12.8. The lowest BCUT2D eigenvalue weighted by Crippen LogP contribution is -2.11. The highest BCUT2D eigenvalue weighted by Crippen LogP contribution is 2.16. The van der Waals surface area contributed by atoms with Crippen molar-refractivity contribution in [1.29, 1.82) is 5.26 Å². The molecular weight excluding hydrogens is 280 g/mol. The molecule has 0 radical (unpaired) electrons. The standard InChI is InChI=1S/C12H18N4OS2/c1-16(2)7-10-3-4-11(17-10)8-19-6-5-14-12(18)15-9-13/h3-4H,5-8H2,1-2H3,(H2,14,15,18). The molecule has 0 bridgehead atoms. The van der Waals surface area contributed by atoms with E-state index in [0.717, 1.165) is 29.6 Å². The fraction of sp³-hybridized carbons (Fsp3) is 0.500. The molecule has 5 nitrogen and oxygen atoms in total. The highest BCUT2D eigenvalue weighted by atomic mass is 32.2. The number of thiol groups is 1. The third kappa shape index (κ3) is 7.15. The van der Waals surface area contributed by atoms with Crippen LogP contribution < -0.4 is 5.32 Å². The second kappa shape index (κ2) is 8.91. The Labute approximate surface area is 123 Å². The zero-order chi connectivity index (χ0) is 14.1. The molecule has 0 aliphatic rings. The molecule has 0 aliphatic carbocycles. The summed E-state index contributed by atoms with van der Waals surface area (Å²) in [6.07, 6.45) is 1.77. The maximum absolute atomic E-state index is 8.34. The number of thioether (sulfide) groups is 1. The Balaban J connectivity index is 2.21. The van der Waals surface area contributed by atoms with Crippen molar-refractivity contribution in [1.82, 2.24) is 10.2 Å².